The Morgan fingerprint density at radius 1 is 1.39 bits per heavy atom. The van der Waals surface area contributed by atoms with Crippen LogP contribution >= 0.6 is 0 Å². The Balaban J connectivity index is 1.63. The summed E-state index contributed by atoms with van der Waals surface area (Å²) in [5.74, 6) is 0.853. The fraction of sp³-hybridized carbons (Fsp3) is 0.769. The van der Waals surface area contributed by atoms with Crippen LogP contribution in [0.1, 0.15) is 25.7 Å². The molecule has 0 radical (unpaired) electrons. The quantitative estimate of drug-likeness (QED) is 0.800. The fourth-order valence-corrected chi connectivity index (χ4v) is 2.83. The van der Waals surface area contributed by atoms with Gasteiger partial charge in [-0.1, -0.05) is 0 Å². The molecule has 2 fully saturated rings. The van der Waals surface area contributed by atoms with Gasteiger partial charge in [0.25, 0.3) is 0 Å². The van der Waals surface area contributed by atoms with Crippen molar-refractivity contribution in [2.45, 2.75) is 37.4 Å². The van der Waals surface area contributed by atoms with Gasteiger partial charge in [0.2, 0.25) is 0 Å². The Kier molecular flexibility index (Phi) is 3.26. The molecule has 0 aliphatic carbocycles. The van der Waals surface area contributed by atoms with Crippen molar-refractivity contribution in [1.82, 2.24) is 9.78 Å². The van der Waals surface area contributed by atoms with E-state index in [0.29, 0.717) is 0 Å². The number of aromatic nitrogens is 2. The molecule has 1 unspecified atom stereocenters. The topological polar surface area (TPSA) is 45.5 Å². The third-order valence-electron chi connectivity index (χ3n) is 3.84. The molecule has 2 aliphatic rings. The van der Waals surface area contributed by atoms with E-state index in [9.17, 15) is 0 Å². The van der Waals surface area contributed by atoms with E-state index in [0.717, 1.165) is 51.3 Å². The molecule has 5 heteroatoms. The first-order valence-corrected chi connectivity index (χ1v) is 6.63. The Labute approximate surface area is 107 Å². The van der Waals surface area contributed by atoms with Crippen LogP contribution in [0.15, 0.2) is 12.4 Å². The van der Waals surface area contributed by atoms with E-state index >= 15 is 0 Å². The molecule has 18 heavy (non-hydrogen) atoms. The molecule has 2 aliphatic heterocycles. The van der Waals surface area contributed by atoms with Gasteiger partial charge in [0.15, 0.2) is 5.75 Å². The van der Waals surface area contributed by atoms with Crippen molar-refractivity contribution in [2.75, 3.05) is 19.8 Å². The lowest BCUT2D eigenvalue weighted by molar-refractivity contribution is -0.155. The zero-order valence-corrected chi connectivity index (χ0v) is 10.8. The Morgan fingerprint density at radius 3 is 2.94 bits per heavy atom. The molecular formula is C13H20N2O3. The van der Waals surface area contributed by atoms with Crippen LogP contribution in [0.4, 0.5) is 0 Å². The summed E-state index contributed by atoms with van der Waals surface area (Å²) in [5.41, 5.74) is -0.0105. The third kappa shape index (κ3) is 2.52. The van der Waals surface area contributed by atoms with Crippen LogP contribution in [0.2, 0.25) is 0 Å². The largest absolute Gasteiger partial charge is 0.487 e. The van der Waals surface area contributed by atoms with Crippen LogP contribution in [0, 0.1) is 0 Å². The highest BCUT2D eigenvalue weighted by Crippen LogP contribution is 2.35. The van der Waals surface area contributed by atoms with Gasteiger partial charge in [-0.3, -0.25) is 4.68 Å². The molecule has 0 bridgehead atoms. The van der Waals surface area contributed by atoms with Crippen LogP contribution in [-0.2, 0) is 16.5 Å². The second-order valence-electron chi connectivity index (χ2n) is 5.23. The van der Waals surface area contributed by atoms with Gasteiger partial charge < -0.3 is 14.2 Å². The average Bonchev–Trinajstić information content (AvgIpc) is 2.76. The third-order valence-corrected chi connectivity index (χ3v) is 3.84. The lowest BCUT2D eigenvalue weighted by Gasteiger charge is -2.42. The summed E-state index contributed by atoms with van der Waals surface area (Å²) in [6.07, 6.45) is 7.81. The number of ether oxygens (including phenoxy) is 3. The molecule has 100 valence electrons. The molecule has 3 heterocycles. The number of rotatable bonds is 2. The Bertz CT molecular complexity index is 393. The molecule has 2 saturated heterocycles. The number of hydrogen-bond donors (Lipinski definition) is 0. The summed E-state index contributed by atoms with van der Waals surface area (Å²) < 4.78 is 19.2. The highest BCUT2D eigenvalue weighted by Gasteiger charge is 2.39. The highest BCUT2D eigenvalue weighted by molar-refractivity contribution is 5.12. The van der Waals surface area contributed by atoms with Crippen LogP contribution in [0.25, 0.3) is 0 Å². The van der Waals surface area contributed by atoms with Crippen molar-refractivity contribution in [2.24, 2.45) is 7.05 Å². The van der Waals surface area contributed by atoms with E-state index in [1.165, 1.54) is 0 Å². The van der Waals surface area contributed by atoms with E-state index in [1.807, 2.05) is 13.2 Å². The van der Waals surface area contributed by atoms with Crippen molar-refractivity contribution < 1.29 is 14.2 Å². The lowest BCUT2D eigenvalue weighted by Crippen LogP contribution is -2.47. The van der Waals surface area contributed by atoms with Crippen LogP contribution in [0.5, 0.6) is 5.75 Å². The first-order valence-electron chi connectivity index (χ1n) is 6.63. The predicted molar refractivity (Wildman–Crippen MR) is 65.6 cm³/mol. The first kappa shape index (κ1) is 12.0. The van der Waals surface area contributed by atoms with Gasteiger partial charge in [0.1, 0.15) is 6.10 Å². The van der Waals surface area contributed by atoms with Crippen molar-refractivity contribution >= 4 is 0 Å². The van der Waals surface area contributed by atoms with E-state index < -0.39 is 0 Å². The molecular weight excluding hydrogens is 232 g/mol. The molecule has 0 aromatic carbocycles. The van der Waals surface area contributed by atoms with Gasteiger partial charge in [-0.2, -0.15) is 5.10 Å². The summed E-state index contributed by atoms with van der Waals surface area (Å²) in [4.78, 5) is 0. The standard InChI is InChI=1S/C13H20N2O3/c1-15-10-12(9-14-15)18-11-2-5-17-13(8-11)3-6-16-7-4-13/h9-11H,2-8H2,1H3. The molecule has 5 nitrogen and oxygen atoms in total. The van der Waals surface area contributed by atoms with Crippen molar-refractivity contribution in [3.8, 4) is 5.75 Å². The summed E-state index contributed by atoms with van der Waals surface area (Å²) in [6.45, 7) is 2.39. The highest BCUT2D eigenvalue weighted by atomic mass is 16.5. The molecule has 0 N–H and O–H groups in total. The zero-order valence-electron chi connectivity index (χ0n) is 10.8. The maximum Gasteiger partial charge on any atom is 0.157 e. The average molecular weight is 252 g/mol. The van der Waals surface area contributed by atoms with Crippen molar-refractivity contribution in [1.29, 1.82) is 0 Å². The number of hydrogen-bond acceptors (Lipinski definition) is 4. The minimum absolute atomic E-state index is 0.0105. The summed E-state index contributed by atoms with van der Waals surface area (Å²) in [6, 6.07) is 0. The molecule has 1 atom stereocenters. The first-order chi connectivity index (χ1) is 8.76. The maximum absolute atomic E-state index is 6.00. The molecule has 3 rings (SSSR count). The van der Waals surface area contributed by atoms with Gasteiger partial charge in [-0.15, -0.1) is 0 Å². The van der Waals surface area contributed by atoms with E-state index in [-0.39, 0.29) is 11.7 Å². The lowest BCUT2D eigenvalue weighted by atomic mass is 9.85. The van der Waals surface area contributed by atoms with Crippen molar-refractivity contribution in [3.05, 3.63) is 12.4 Å². The van der Waals surface area contributed by atoms with Crippen LogP contribution in [-0.4, -0.2) is 41.3 Å². The van der Waals surface area contributed by atoms with Gasteiger partial charge in [0, 0.05) is 33.1 Å². The van der Waals surface area contributed by atoms with E-state index in [4.69, 9.17) is 14.2 Å². The summed E-state index contributed by atoms with van der Waals surface area (Å²) >= 11 is 0. The molecule has 0 amide bonds. The van der Waals surface area contributed by atoms with Gasteiger partial charge in [-0.05, 0) is 12.8 Å². The monoisotopic (exact) mass is 252 g/mol. The zero-order chi connectivity index (χ0) is 12.4. The van der Waals surface area contributed by atoms with Crippen molar-refractivity contribution in [3.63, 3.8) is 0 Å². The SMILES string of the molecule is Cn1cc(OC2CCOC3(CCOCC3)C2)cn1. The predicted octanol–water partition coefficient (Wildman–Crippen LogP) is 1.53. The molecule has 1 aromatic heterocycles. The normalized spacial score (nSPS) is 27.3. The molecule has 1 aromatic rings. The minimum Gasteiger partial charge on any atom is -0.487 e. The van der Waals surface area contributed by atoms with Gasteiger partial charge in [-0.25, -0.2) is 0 Å². The Morgan fingerprint density at radius 2 is 2.22 bits per heavy atom. The smallest absolute Gasteiger partial charge is 0.157 e. The van der Waals surface area contributed by atoms with Gasteiger partial charge >= 0.3 is 0 Å². The minimum atomic E-state index is -0.0105. The second-order valence-corrected chi connectivity index (χ2v) is 5.23. The molecule has 0 saturated carbocycles. The summed E-state index contributed by atoms with van der Waals surface area (Å²) in [7, 11) is 1.90. The summed E-state index contributed by atoms with van der Waals surface area (Å²) in [5, 5.41) is 4.13. The molecule has 1 spiro atoms. The number of nitrogens with zero attached hydrogens (tertiary/aromatic N) is 2. The fourth-order valence-electron chi connectivity index (χ4n) is 2.83. The Hall–Kier alpha value is -1.07. The van der Waals surface area contributed by atoms with E-state index in [2.05, 4.69) is 5.10 Å². The maximum atomic E-state index is 6.00. The van der Waals surface area contributed by atoms with Crippen LogP contribution < -0.4 is 4.74 Å². The second kappa shape index (κ2) is 4.90. The van der Waals surface area contributed by atoms with Gasteiger partial charge in [0.05, 0.1) is 24.6 Å². The number of aryl methyl sites for hydroxylation is 1. The van der Waals surface area contributed by atoms with E-state index in [1.54, 1.807) is 10.9 Å². The van der Waals surface area contributed by atoms with Crippen LogP contribution in [0.3, 0.4) is 0 Å².